The van der Waals surface area contributed by atoms with Crippen molar-refractivity contribution in [2.24, 2.45) is 0 Å². The molecule has 0 atom stereocenters. The minimum absolute atomic E-state index is 0.460. The molecule has 0 bridgehead atoms. The maximum absolute atomic E-state index is 6.15. The molecule has 0 aliphatic heterocycles. The summed E-state index contributed by atoms with van der Waals surface area (Å²) in [7, 11) is 0. The number of halogens is 1. The van der Waals surface area contributed by atoms with Crippen LogP contribution in [0.4, 0.5) is 0 Å². The largest absolute Gasteiger partial charge is 0.310 e. The van der Waals surface area contributed by atoms with Crippen molar-refractivity contribution in [1.29, 1.82) is 0 Å². The highest BCUT2D eigenvalue weighted by atomic mass is 35.5. The molecule has 0 aliphatic carbocycles. The Labute approximate surface area is 126 Å². The Morgan fingerprint density at radius 3 is 2.85 bits per heavy atom. The quantitative estimate of drug-likeness (QED) is 0.868. The molecule has 2 rings (SSSR count). The molecule has 1 aromatic carbocycles. The zero-order valence-corrected chi connectivity index (χ0v) is 13.1. The van der Waals surface area contributed by atoms with Gasteiger partial charge in [0.25, 0.3) is 0 Å². The molecule has 0 amide bonds. The Morgan fingerprint density at radius 1 is 1.35 bits per heavy atom. The fourth-order valence-electron chi connectivity index (χ4n) is 2.14. The van der Waals surface area contributed by atoms with Crippen LogP contribution in [-0.4, -0.2) is 15.8 Å². The highest BCUT2D eigenvalue weighted by Gasteiger charge is 2.09. The number of nitrogens with one attached hydrogen (secondary N) is 1. The summed E-state index contributed by atoms with van der Waals surface area (Å²) in [6.45, 7) is 8.23. The first-order chi connectivity index (χ1) is 9.60. The van der Waals surface area contributed by atoms with Crippen LogP contribution < -0.4 is 5.32 Å². The van der Waals surface area contributed by atoms with Crippen LogP contribution >= 0.6 is 11.6 Å². The molecule has 0 aliphatic rings. The van der Waals surface area contributed by atoms with Gasteiger partial charge in [-0.2, -0.15) is 5.10 Å². The normalized spacial score (nSPS) is 11.2. The minimum Gasteiger partial charge on any atom is -0.310 e. The molecule has 0 saturated heterocycles. The number of rotatable bonds is 6. The number of hydrogen-bond acceptors (Lipinski definition) is 2. The summed E-state index contributed by atoms with van der Waals surface area (Å²) in [4.78, 5) is 0. The molecule has 20 heavy (non-hydrogen) atoms. The number of nitrogens with zero attached hydrogens (tertiary/aromatic N) is 2. The van der Waals surface area contributed by atoms with Crippen LogP contribution in [0.5, 0.6) is 0 Å². The van der Waals surface area contributed by atoms with E-state index in [1.807, 2.05) is 23.0 Å². The lowest BCUT2D eigenvalue weighted by Crippen LogP contribution is -2.22. The maximum atomic E-state index is 6.15. The molecule has 0 fully saturated rings. The predicted octanol–water partition coefficient (Wildman–Crippen LogP) is 4.11. The molecule has 2 aromatic rings. The topological polar surface area (TPSA) is 29.9 Å². The highest BCUT2D eigenvalue weighted by molar-refractivity contribution is 6.30. The number of benzene rings is 1. The standard InChI is InChI=1S/C16H22ClN3/c1-4-7-20-11-14(10-19-20)16-8-15(17)6-5-13(16)9-18-12(2)3/h5-6,8,10-12,18H,4,7,9H2,1-3H3. The van der Waals surface area contributed by atoms with Crippen LogP contribution in [0, 0.1) is 0 Å². The smallest absolute Gasteiger partial charge is 0.0568 e. The van der Waals surface area contributed by atoms with Gasteiger partial charge in [-0.3, -0.25) is 4.68 Å². The molecule has 1 N–H and O–H groups in total. The molecular formula is C16H22ClN3. The fraction of sp³-hybridized carbons (Fsp3) is 0.438. The lowest BCUT2D eigenvalue weighted by atomic mass is 10.0. The fourth-order valence-corrected chi connectivity index (χ4v) is 2.31. The molecule has 0 saturated carbocycles. The van der Waals surface area contributed by atoms with Crippen LogP contribution in [0.2, 0.25) is 5.02 Å². The molecule has 0 spiro atoms. The molecule has 4 heteroatoms. The second kappa shape index (κ2) is 6.91. The van der Waals surface area contributed by atoms with Gasteiger partial charge in [0.15, 0.2) is 0 Å². The van der Waals surface area contributed by atoms with Gasteiger partial charge in [0, 0.05) is 35.9 Å². The van der Waals surface area contributed by atoms with E-state index in [4.69, 9.17) is 11.6 Å². The summed E-state index contributed by atoms with van der Waals surface area (Å²) in [5.74, 6) is 0. The van der Waals surface area contributed by atoms with Gasteiger partial charge in [-0.05, 0) is 29.7 Å². The van der Waals surface area contributed by atoms with Gasteiger partial charge in [0.1, 0.15) is 0 Å². The van der Waals surface area contributed by atoms with Crippen molar-refractivity contribution in [2.75, 3.05) is 0 Å². The van der Waals surface area contributed by atoms with E-state index in [2.05, 4.69) is 43.4 Å². The van der Waals surface area contributed by atoms with Crippen molar-refractivity contribution in [1.82, 2.24) is 15.1 Å². The Bertz CT molecular complexity index is 561. The third kappa shape index (κ3) is 3.84. The zero-order valence-electron chi connectivity index (χ0n) is 12.4. The van der Waals surface area contributed by atoms with E-state index in [0.29, 0.717) is 6.04 Å². The van der Waals surface area contributed by atoms with Crippen molar-refractivity contribution < 1.29 is 0 Å². The summed E-state index contributed by atoms with van der Waals surface area (Å²) in [5.41, 5.74) is 3.54. The van der Waals surface area contributed by atoms with E-state index < -0.39 is 0 Å². The third-order valence-electron chi connectivity index (χ3n) is 3.17. The molecule has 0 unspecified atom stereocenters. The summed E-state index contributed by atoms with van der Waals surface area (Å²) in [6.07, 6.45) is 5.09. The van der Waals surface area contributed by atoms with Gasteiger partial charge in [-0.1, -0.05) is 38.4 Å². The van der Waals surface area contributed by atoms with Crippen molar-refractivity contribution in [2.45, 2.75) is 46.3 Å². The van der Waals surface area contributed by atoms with E-state index in [1.54, 1.807) is 0 Å². The number of aromatic nitrogens is 2. The first-order valence-corrected chi connectivity index (χ1v) is 7.52. The van der Waals surface area contributed by atoms with Gasteiger partial charge < -0.3 is 5.32 Å². The van der Waals surface area contributed by atoms with Crippen LogP contribution in [0.3, 0.4) is 0 Å². The second-order valence-electron chi connectivity index (χ2n) is 5.33. The third-order valence-corrected chi connectivity index (χ3v) is 3.40. The SMILES string of the molecule is CCCn1cc(-c2cc(Cl)ccc2CNC(C)C)cn1. The molecular weight excluding hydrogens is 270 g/mol. The van der Waals surface area contributed by atoms with E-state index in [0.717, 1.165) is 35.7 Å². The van der Waals surface area contributed by atoms with E-state index in [-0.39, 0.29) is 0 Å². The molecule has 1 aromatic heterocycles. The van der Waals surface area contributed by atoms with E-state index in [1.165, 1.54) is 5.56 Å². The monoisotopic (exact) mass is 291 g/mol. The van der Waals surface area contributed by atoms with E-state index in [9.17, 15) is 0 Å². The molecule has 0 radical (unpaired) electrons. The van der Waals surface area contributed by atoms with Crippen LogP contribution in [0.1, 0.15) is 32.8 Å². The first kappa shape index (κ1) is 15.1. The van der Waals surface area contributed by atoms with Crippen LogP contribution in [0.15, 0.2) is 30.6 Å². The predicted molar refractivity (Wildman–Crippen MR) is 84.9 cm³/mol. The maximum Gasteiger partial charge on any atom is 0.0568 e. The Kier molecular flexibility index (Phi) is 5.21. The van der Waals surface area contributed by atoms with Crippen LogP contribution in [0.25, 0.3) is 11.1 Å². The molecule has 108 valence electrons. The van der Waals surface area contributed by atoms with Gasteiger partial charge >= 0.3 is 0 Å². The second-order valence-corrected chi connectivity index (χ2v) is 5.77. The Hall–Kier alpha value is -1.32. The average molecular weight is 292 g/mol. The number of hydrogen-bond donors (Lipinski definition) is 1. The van der Waals surface area contributed by atoms with Gasteiger partial charge in [-0.15, -0.1) is 0 Å². The summed E-state index contributed by atoms with van der Waals surface area (Å²) in [6, 6.07) is 6.51. The zero-order chi connectivity index (χ0) is 14.5. The van der Waals surface area contributed by atoms with Crippen molar-refractivity contribution in [3.05, 3.63) is 41.2 Å². The summed E-state index contributed by atoms with van der Waals surface area (Å²) >= 11 is 6.15. The van der Waals surface area contributed by atoms with Gasteiger partial charge in [-0.25, -0.2) is 0 Å². The van der Waals surface area contributed by atoms with E-state index >= 15 is 0 Å². The highest BCUT2D eigenvalue weighted by Crippen LogP contribution is 2.27. The van der Waals surface area contributed by atoms with Crippen molar-refractivity contribution in [3.8, 4) is 11.1 Å². The first-order valence-electron chi connectivity index (χ1n) is 7.14. The summed E-state index contributed by atoms with van der Waals surface area (Å²) in [5, 5.41) is 8.62. The lowest BCUT2D eigenvalue weighted by Gasteiger charge is -2.12. The molecule has 1 heterocycles. The lowest BCUT2D eigenvalue weighted by molar-refractivity contribution is 0.589. The average Bonchev–Trinajstić information content (AvgIpc) is 2.86. The van der Waals surface area contributed by atoms with Gasteiger partial charge in [0.2, 0.25) is 0 Å². The van der Waals surface area contributed by atoms with Crippen molar-refractivity contribution >= 4 is 11.6 Å². The van der Waals surface area contributed by atoms with Gasteiger partial charge in [0.05, 0.1) is 6.20 Å². The summed E-state index contributed by atoms with van der Waals surface area (Å²) < 4.78 is 1.98. The Balaban J connectivity index is 2.29. The number of aryl methyl sites for hydroxylation is 1. The Morgan fingerprint density at radius 2 is 2.15 bits per heavy atom. The minimum atomic E-state index is 0.460. The molecule has 3 nitrogen and oxygen atoms in total. The van der Waals surface area contributed by atoms with Crippen LogP contribution in [-0.2, 0) is 13.1 Å². The van der Waals surface area contributed by atoms with Crippen molar-refractivity contribution in [3.63, 3.8) is 0 Å².